The second-order valence-electron chi connectivity index (χ2n) is 6.97. The number of fused-ring (bicyclic) bond motifs is 1. The van der Waals surface area contributed by atoms with Crippen LogP contribution in [0.5, 0.6) is 0 Å². The molecule has 1 aromatic rings. The van der Waals surface area contributed by atoms with Gasteiger partial charge in [-0.25, -0.2) is 0 Å². The van der Waals surface area contributed by atoms with Gasteiger partial charge < -0.3 is 4.74 Å². The zero-order valence-electron chi connectivity index (χ0n) is 13.2. The van der Waals surface area contributed by atoms with Gasteiger partial charge in [-0.1, -0.05) is 12.1 Å². The molecule has 0 atom stereocenters. The lowest BCUT2D eigenvalue weighted by Gasteiger charge is -2.45. The molecule has 2 amide bonds. The van der Waals surface area contributed by atoms with Gasteiger partial charge in [0.25, 0.3) is 11.8 Å². The molecule has 0 bridgehead atoms. The van der Waals surface area contributed by atoms with Crippen molar-refractivity contribution in [2.45, 2.75) is 51.2 Å². The predicted octanol–water partition coefficient (Wildman–Crippen LogP) is 2.95. The van der Waals surface area contributed by atoms with Gasteiger partial charge in [-0.2, -0.15) is 0 Å². The van der Waals surface area contributed by atoms with Crippen molar-refractivity contribution >= 4 is 11.8 Å². The Morgan fingerprint density at radius 2 is 1.64 bits per heavy atom. The van der Waals surface area contributed by atoms with Crippen molar-refractivity contribution in [2.75, 3.05) is 6.61 Å². The van der Waals surface area contributed by atoms with Crippen LogP contribution in [0.4, 0.5) is 0 Å². The van der Waals surface area contributed by atoms with E-state index in [4.69, 9.17) is 9.57 Å². The number of rotatable bonds is 4. The van der Waals surface area contributed by atoms with Crippen LogP contribution in [0.25, 0.3) is 0 Å². The van der Waals surface area contributed by atoms with E-state index in [-0.39, 0.29) is 12.2 Å². The monoisotopic (exact) mass is 303 g/mol. The Labute approximate surface area is 130 Å². The molecule has 0 saturated heterocycles. The van der Waals surface area contributed by atoms with E-state index in [0.717, 1.165) is 24.3 Å². The molecule has 0 aromatic heterocycles. The van der Waals surface area contributed by atoms with Crippen LogP contribution in [0, 0.1) is 0 Å². The molecule has 1 fully saturated rings. The molecule has 1 heterocycles. The first-order valence-corrected chi connectivity index (χ1v) is 7.62. The number of amides is 2. The second kappa shape index (κ2) is 5.18. The zero-order valence-corrected chi connectivity index (χ0v) is 13.2. The number of benzene rings is 1. The predicted molar refractivity (Wildman–Crippen MR) is 80.3 cm³/mol. The largest absolute Gasteiger partial charge is 0.367 e. The Hall–Kier alpha value is -1.72. The van der Waals surface area contributed by atoms with E-state index < -0.39 is 17.4 Å². The Bertz CT molecular complexity index is 578. The van der Waals surface area contributed by atoms with Gasteiger partial charge >= 0.3 is 0 Å². The highest BCUT2D eigenvalue weighted by Gasteiger charge is 2.44. The molecular formula is C17H21NO4. The van der Waals surface area contributed by atoms with Crippen molar-refractivity contribution in [3.63, 3.8) is 0 Å². The van der Waals surface area contributed by atoms with Crippen LogP contribution < -0.4 is 0 Å². The summed E-state index contributed by atoms with van der Waals surface area (Å²) < 4.78 is 6.09. The van der Waals surface area contributed by atoms with E-state index in [0.29, 0.717) is 11.1 Å². The van der Waals surface area contributed by atoms with Crippen LogP contribution in [-0.4, -0.2) is 34.7 Å². The lowest BCUT2D eigenvalue weighted by Crippen LogP contribution is -2.51. The first-order valence-electron chi connectivity index (χ1n) is 7.62. The second-order valence-corrected chi connectivity index (χ2v) is 6.97. The van der Waals surface area contributed by atoms with Gasteiger partial charge in [-0.15, -0.1) is 5.06 Å². The normalized spacial score (nSPS) is 20.0. The maximum Gasteiger partial charge on any atom is 0.285 e. The van der Waals surface area contributed by atoms with Crippen LogP contribution in [-0.2, 0) is 9.57 Å². The standard InChI is InChI=1S/C17H21NO4/c1-16(2,3)22-17(9-6-10-17)11-21-18-14(19)12-7-4-5-8-13(12)15(18)20/h4-5,7-8H,6,9-11H2,1-3H3. The fourth-order valence-corrected chi connectivity index (χ4v) is 2.96. The lowest BCUT2D eigenvalue weighted by molar-refractivity contribution is -0.227. The van der Waals surface area contributed by atoms with Gasteiger partial charge in [0.2, 0.25) is 0 Å². The van der Waals surface area contributed by atoms with Gasteiger partial charge in [0, 0.05) is 0 Å². The lowest BCUT2D eigenvalue weighted by atomic mass is 9.80. The van der Waals surface area contributed by atoms with Crippen molar-refractivity contribution in [1.29, 1.82) is 0 Å². The molecule has 0 spiro atoms. The molecule has 1 aliphatic heterocycles. The number of carbonyl (C=O) groups excluding carboxylic acids is 2. The molecule has 118 valence electrons. The maximum atomic E-state index is 12.3. The summed E-state index contributed by atoms with van der Waals surface area (Å²) in [5.41, 5.74) is 0.109. The third-order valence-corrected chi connectivity index (χ3v) is 4.00. The molecule has 22 heavy (non-hydrogen) atoms. The van der Waals surface area contributed by atoms with Crippen molar-refractivity contribution in [3.05, 3.63) is 35.4 Å². The number of hydroxylamine groups is 2. The van der Waals surface area contributed by atoms with E-state index in [2.05, 4.69) is 0 Å². The molecule has 0 unspecified atom stereocenters. The van der Waals surface area contributed by atoms with Crippen molar-refractivity contribution in [2.24, 2.45) is 0 Å². The van der Waals surface area contributed by atoms with E-state index in [9.17, 15) is 9.59 Å². The van der Waals surface area contributed by atoms with Gasteiger partial charge in [-0.3, -0.25) is 14.4 Å². The van der Waals surface area contributed by atoms with Gasteiger partial charge in [0.1, 0.15) is 6.61 Å². The summed E-state index contributed by atoms with van der Waals surface area (Å²) in [5.74, 6) is -0.795. The van der Waals surface area contributed by atoms with Crippen molar-refractivity contribution < 1.29 is 19.2 Å². The summed E-state index contributed by atoms with van der Waals surface area (Å²) in [7, 11) is 0. The fourth-order valence-electron chi connectivity index (χ4n) is 2.96. The van der Waals surface area contributed by atoms with Gasteiger partial charge in [0.15, 0.2) is 0 Å². The highest BCUT2D eigenvalue weighted by molar-refractivity contribution is 6.20. The van der Waals surface area contributed by atoms with Crippen LogP contribution in [0.15, 0.2) is 24.3 Å². The average Bonchev–Trinajstić information content (AvgIpc) is 2.65. The van der Waals surface area contributed by atoms with Crippen LogP contribution in [0.2, 0.25) is 0 Å². The number of carbonyl (C=O) groups is 2. The minimum absolute atomic E-state index is 0.218. The highest BCUT2D eigenvalue weighted by Crippen LogP contribution is 2.39. The van der Waals surface area contributed by atoms with Crippen LogP contribution >= 0.6 is 0 Å². The summed E-state index contributed by atoms with van der Waals surface area (Å²) in [6.45, 7) is 6.20. The smallest absolute Gasteiger partial charge is 0.285 e. The van der Waals surface area contributed by atoms with Crippen molar-refractivity contribution in [3.8, 4) is 0 Å². The maximum absolute atomic E-state index is 12.3. The van der Waals surface area contributed by atoms with Crippen molar-refractivity contribution in [1.82, 2.24) is 5.06 Å². The molecule has 0 N–H and O–H groups in total. The van der Waals surface area contributed by atoms with E-state index >= 15 is 0 Å². The number of ether oxygens (including phenoxy) is 1. The molecule has 1 saturated carbocycles. The molecule has 5 heteroatoms. The van der Waals surface area contributed by atoms with Crippen LogP contribution in [0.1, 0.15) is 60.7 Å². The highest BCUT2D eigenvalue weighted by atomic mass is 16.7. The Kier molecular flexibility index (Phi) is 3.57. The average molecular weight is 303 g/mol. The van der Waals surface area contributed by atoms with Gasteiger partial charge in [-0.05, 0) is 52.2 Å². The van der Waals surface area contributed by atoms with Gasteiger partial charge in [0.05, 0.1) is 22.3 Å². The molecular weight excluding hydrogens is 282 g/mol. The summed E-state index contributed by atoms with van der Waals surface area (Å²) >= 11 is 0. The first kappa shape index (κ1) is 15.2. The topological polar surface area (TPSA) is 55.8 Å². The molecule has 1 aromatic carbocycles. The third-order valence-electron chi connectivity index (χ3n) is 4.00. The number of hydrogen-bond acceptors (Lipinski definition) is 4. The Balaban J connectivity index is 1.70. The Morgan fingerprint density at radius 1 is 1.09 bits per heavy atom. The summed E-state index contributed by atoms with van der Waals surface area (Å²) in [4.78, 5) is 30.1. The summed E-state index contributed by atoms with van der Waals surface area (Å²) in [5, 5.41) is 0.872. The SMILES string of the molecule is CC(C)(C)OC1(CON2C(=O)c3ccccc3C2=O)CCC1. The first-order chi connectivity index (χ1) is 10.3. The molecule has 1 aliphatic carbocycles. The molecule has 3 rings (SSSR count). The molecule has 2 aliphatic rings. The Morgan fingerprint density at radius 3 is 2.05 bits per heavy atom. The number of hydrogen-bond donors (Lipinski definition) is 0. The van der Waals surface area contributed by atoms with Crippen LogP contribution in [0.3, 0.4) is 0 Å². The number of imide groups is 1. The van der Waals surface area contributed by atoms with E-state index in [1.54, 1.807) is 24.3 Å². The minimum atomic E-state index is -0.397. The summed E-state index contributed by atoms with van der Waals surface area (Å²) in [6, 6.07) is 6.76. The quantitative estimate of drug-likeness (QED) is 0.802. The van der Waals surface area contributed by atoms with E-state index in [1.165, 1.54) is 0 Å². The zero-order chi connectivity index (χ0) is 16.0. The third kappa shape index (κ3) is 2.66. The van der Waals surface area contributed by atoms with E-state index in [1.807, 2.05) is 20.8 Å². The number of nitrogens with zero attached hydrogens (tertiary/aromatic N) is 1. The molecule has 5 nitrogen and oxygen atoms in total. The minimum Gasteiger partial charge on any atom is -0.367 e. The summed E-state index contributed by atoms with van der Waals surface area (Å²) in [6.07, 6.45) is 2.84. The molecule has 0 radical (unpaired) electrons. The fraction of sp³-hybridized carbons (Fsp3) is 0.529.